The van der Waals surface area contributed by atoms with Gasteiger partial charge in [0.25, 0.3) is 0 Å². The number of halogens is 3. The molecule has 5 atom stereocenters. The minimum absolute atomic E-state index is 0.0101. The van der Waals surface area contributed by atoms with Gasteiger partial charge in [-0.25, -0.2) is 0 Å². The topological polar surface area (TPSA) is 96.2 Å². The predicted octanol–water partition coefficient (Wildman–Crippen LogP) is 4.43. The van der Waals surface area contributed by atoms with Gasteiger partial charge in [-0.05, 0) is 57.2 Å². The third-order valence-electron chi connectivity index (χ3n) is 5.75. The van der Waals surface area contributed by atoms with Crippen LogP contribution < -0.4 is 4.74 Å². The molecule has 0 spiro atoms. The van der Waals surface area contributed by atoms with E-state index in [2.05, 4.69) is 0 Å². The second-order valence-corrected chi connectivity index (χ2v) is 9.04. The summed E-state index contributed by atoms with van der Waals surface area (Å²) in [6.07, 6.45) is 2.09. The van der Waals surface area contributed by atoms with Crippen LogP contribution in [0.25, 0.3) is 0 Å². The maximum Gasteiger partial charge on any atom is 0.416 e. The second kappa shape index (κ2) is 13.7. The molecule has 3 N–H and O–H groups in total. The Hall–Kier alpha value is -2.36. The maximum atomic E-state index is 12.8. The summed E-state index contributed by atoms with van der Waals surface area (Å²) in [4.78, 5) is 11.5. The molecule has 0 heterocycles. The van der Waals surface area contributed by atoms with E-state index in [0.29, 0.717) is 25.7 Å². The van der Waals surface area contributed by atoms with Crippen molar-refractivity contribution in [2.75, 3.05) is 6.61 Å². The van der Waals surface area contributed by atoms with E-state index in [9.17, 15) is 33.3 Å². The number of aliphatic hydroxyl groups excluding tert-OH is 3. The first kappa shape index (κ1) is 28.9. The van der Waals surface area contributed by atoms with Crippen molar-refractivity contribution < 1.29 is 42.8 Å². The Morgan fingerprint density at radius 2 is 1.94 bits per heavy atom. The Morgan fingerprint density at radius 1 is 1.20 bits per heavy atom. The van der Waals surface area contributed by atoms with Gasteiger partial charge in [-0.15, -0.1) is 0 Å². The van der Waals surface area contributed by atoms with Crippen LogP contribution in [0, 0.1) is 11.8 Å². The van der Waals surface area contributed by atoms with Gasteiger partial charge in [-0.3, -0.25) is 4.79 Å². The van der Waals surface area contributed by atoms with E-state index in [0.717, 1.165) is 12.1 Å². The fourth-order valence-electron chi connectivity index (χ4n) is 4.02. The highest BCUT2D eigenvalue weighted by Crippen LogP contribution is 2.36. The van der Waals surface area contributed by atoms with E-state index in [-0.39, 0.29) is 42.7 Å². The molecule has 0 unspecified atom stereocenters. The summed E-state index contributed by atoms with van der Waals surface area (Å²) in [5.41, 5.74) is -0.838. The molecular weight excluding hydrogens is 465 g/mol. The van der Waals surface area contributed by atoms with Crippen LogP contribution in [0.1, 0.15) is 51.5 Å². The smallest absolute Gasteiger partial charge is 0.416 e. The molecule has 0 radical (unpaired) electrons. The number of hydrogen-bond acceptors (Lipinski definition) is 6. The largest absolute Gasteiger partial charge is 0.491 e. The highest BCUT2D eigenvalue weighted by Gasteiger charge is 2.39. The van der Waals surface area contributed by atoms with Crippen LogP contribution in [0.2, 0.25) is 0 Å². The Balaban J connectivity index is 1.82. The summed E-state index contributed by atoms with van der Waals surface area (Å²) in [5.74, 6) is -0.883. The Labute approximate surface area is 204 Å². The number of benzene rings is 1. The lowest BCUT2D eigenvalue weighted by Crippen LogP contribution is -2.21. The van der Waals surface area contributed by atoms with Gasteiger partial charge in [-0.1, -0.05) is 30.4 Å². The van der Waals surface area contributed by atoms with Gasteiger partial charge in [0, 0.05) is 18.8 Å². The van der Waals surface area contributed by atoms with Crippen molar-refractivity contribution in [3.8, 4) is 5.75 Å². The van der Waals surface area contributed by atoms with E-state index in [1.807, 2.05) is 12.2 Å². The SMILES string of the molecule is CC(C)OC(=O)CCCC=CC[C@@H]1[C@@H](C=C[C@H](O)COc2cccc(C(F)(F)F)c2)[C@H](O)C[C@@H]1O. The molecule has 196 valence electrons. The molecule has 0 aromatic heterocycles. The number of esters is 1. The lowest BCUT2D eigenvalue weighted by atomic mass is 9.89. The van der Waals surface area contributed by atoms with Gasteiger partial charge in [-0.2, -0.15) is 13.2 Å². The van der Waals surface area contributed by atoms with Crippen molar-refractivity contribution in [2.24, 2.45) is 11.8 Å². The number of unbranched alkanes of at least 4 members (excludes halogenated alkanes) is 1. The molecule has 35 heavy (non-hydrogen) atoms. The molecule has 0 amide bonds. The molecular formula is C26H35F3O6. The molecule has 1 saturated carbocycles. The summed E-state index contributed by atoms with van der Waals surface area (Å²) < 4.78 is 48.8. The molecule has 0 saturated heterocycles. The van der Waals surface area contributed by atoms with Gasteiger partial charge in [0.15, 0.2) is 0 Å². The third-order valence-corrected chi connectivity index (χ3v) is 5.75. The lowest BCUT2D eigenvalue weighted by Gasteiger charge is -2.19. The van der Waals surface area contributed by atoms with Crippen molar-refractivity contribution >= 4 is 5.97 Å². The zero-order chi connectivity index (χ0) is 26.0. The quantitative estimate of drug-likeness (QED) is 0.223. The van der Waals surface area contributed by atoms with Crippen molar-refractivity contribution in [1.82, 2.24) is 0 Å². The van der Waals surface area contributed by atoms with Crippen LogP contribution in [0.15, 0.2) is 48.6 Å². The lowest BCUT2D eigenvalue weighted by molar-refractivity contribution is -0.147. The number of carbonyl (C=O) groups excluding carboxylic acids is 1. The van der Waals surface area contributed by atoms with Crippen molar-refractivity contribution in [2.45, 2.75) is 76.5 Å². The van der Waals surface area contributed by atoms with Crippen LogP contribution in [-0.4, -0.2) is 52.3 Å². The molecule has 1 aliphatic carbocycles. The molecule has 0 aliphatic heterocycles. The fraction of sp³-hybridized carbons (Fsp3) is 0.577. The third kappa shape index (κ3) is 10.0. The van der Waals surface area contributed by atoms with Crippen molar-refractivity contribution in [1.29, 1.82) is 0 Å². The second-order valence-electron chi connectivity index (χ2n) is 9.04. The van der Waals surface area contributed by atoms with Crippen LogP contribution in [0.4, 0.5) is 13.2 Å². The highest BCUT2D eigenvalue weighted by atomic mass is 19.4. The first-order valence-electron chi connectivity index (χ1n) is 11.8. The van der Waals surface area contributed by atoms with E-state index < -0.39 is 30.1 Å². The first-order chi connectivity index (χ1) is 16.5. The first-order valence-corrected chi connectivity index (χ1v) is 11.8. The molecule has 2 rings (SSSR count). The monoisotopic (exact) mass is 500 g/mol. The van der Waals surface area contributed by atoms with Crippen LogP contribution in [-0.2, 0) is 15.7 Å². The summed E-state index contributed by atoms with van der Waals surface area (Å²) in [6, 6.07) is 4.40. The molecule has 1 aromatic carbocycles. The average molecular weight is 501 g/mol. The van der Waals surface area contributed by atoms with Gasteiger partial charge in [0.1, 0.15) is 18.5 Å². The predicted molar refractivity (Wildman–Crippen MR) is 125 cm³/mol. The summed E-state index contributed by atoms with van der Waals surface area (Å²) in [5, 5.41) is 30.8. The Morgan fingerprint density at radius 3 is 2.63 bits per heavy atom. The standard InChI is InChI=1S/C26H35F3O6/c1-17(2)35-25(33)11-6-4-3-5-10-21-22(24(32)15-23(21)31)13-12-19(30)16-34-20-9-7-8-18(14-20)26(27,28)29/h3,5,7-9,12-14,17,19,21-24,30-32H,4,6,10-11,15-16H2,1-2H3/t19-,21+,22+,23-,24+/m0/s1. The number of carbonyl (C=O) groups is 1. The number of aliphatic hydroxyl groups is 3. The highest BCUT2D eigenvalue weighted by molar-refractivity contribution is 5.69. The number of ether oxygens (including phenoxy) is 2. The molecule has 0 bridgehead atoms. The van der Waals surface area contributed by atoms with Gasteiger partial charge in [0.2, 0.25) is 0 Å². The summed E-state index contributed by atoms with van der Waals surface area (Å²) in [7, 11) is 0. The fourth-order valence-corrected chi connectivity index (χ4v) is 4.02. The molecule has 1 aliphatic rings. The zero-order valence-electron chi connectivity index (χ0n) is 20.0. The van der Waals surface area contributed by atoms with Crippen molar-refractivity contribution in [3.05, 3.63) is 54.1 Å². The Kier molecular flexibility index (Phi) is 11.3. The van der Waals surface area contributed by atoms with Gasteiger partial charge >= 0.3 is 12.1 Å². The molecule has 9 heteroatoms. The molecule has 6 nitrogen and oxygen atoms in total. The van der Waals surface area contributed by atoms with E-state index in [1.54, 1.807) is 19.9 Å². The summed E-state index contributed by atoms with van der Waals surface area (Å²) >= 11 is 0. The Bertz CT molecular complexity index is 852. The average Bonchev–Trinajstić information content (AvgIpc) is 3.04. The van der Waals surface area contributed by atoms with Crippen LogP contribution in [0.5, 0.6) is 5.75 Å². The van der Waals surface area contributed by atoms with Gasteiger partial charge < -0.3 is 24.8 Å². The van der Waals surface area contributed by atoms with Crippen LogP contribution in [0.3, 0.4) is 0 Å². The zero-order valence-corrected chi connectivity index (χ0v) is 20.0. The van der Waals surface area contributed by atoms with Gasteiger partial charge in [0.05, 0.1) is 23.9 Å². The number of allylic oxidation sites excluding steroid dienone is 2. The minimum atomic E-state index is -4.49. The number of hydrogen-bond donors (Lipinski definition) is 3. The maximum absolute atomic E-state index is 12.8. The normalized spacial score (nSPS) is 23.9. The van der Waals surface area contributed by atoms with Crippen LogP contribution >= 0.6 is 0 Å². The van der Waals surface area contributed by atoms with E-state index >= 15 is 0 Å². The molecule has 1 aromatic rings. The molecule has 1 fully saturated rings. The summed E-state index contributed by atoms with van der Waals surface area (Å²) in [6.45, 7) is 3.34. The number of rotatable bonds is 12. The number of alkyl halides is 3. The van der Waals surface area contributed by atoms with Crippen molar-refractivity contribution in [3.63, 3.8) is 0 Å². The van der Waals surface area contributed by atoms with E-state index in [4.69, 9.17) is 9.47 Å². The van der Waals surface area contributed by atoms with E-state index in [1.165, 1.54) is 18.2 Å². The minimum Gasteiger partial charge on any atom is -0.491 e.